The average Bonchev–Trinajstić information content (AvgIpc) is 2.35. The first-order chi connectivity index (χ1) is 9.76. The van der Waals surface area contributed by atoms with Gasteiger partial charge < -0.3 is 10.8 Å². The van der Waals surface area contributed by atoms with E-state index in [1.165, 1.54) is 19.1 Å². The second kappa shape index (κ2) is 7.17. The van der Waals surface area contributed by atoms with Gasteiger partial charge in [-0.1, -0.05) is 11.8 Å². The van der Waals surface area contributed by atoms with Crippen molar-refractivity contribution in [1.82, 2.24) is 4.72 Å². The van der Waals surface area contributed by atoms with E-state index in [4.69, 9.17) is 10.8 Å². The molecule has 1 aromatic carbocycles. The summed E-state index contributed by atoms with van der Waals surface area (Å²) in [5.41, 5.74) is 4.95. The smallest absolute Gasteiger partial charge is 0.240 e. The molecule has 1 unspecified atom stereocenters. The van der Waals surface area contributed by atoms with Crippen LogP contribution in [0.2, 0.25) is 0 Å². The molecule has 0 aliphatic carbocycles. The van der Waals surface area contributed by atoms with Crippen LogP contribution in [-0.2, 0) is 14.8 Å². The SMILES string of the molecule is CC(CC(N)=O)NS(=O)(=O)c1ccc(C#CCO)c(F)c1. The summed E-state index contributed by atoms with van der Waals surface area (Å²) in [6.45, 7) is 1.05. The van der Waals surface area contributed by atoms with Crippen molar-refractivity contribution in [3.63, 3.8) is 0 Å². The Morgan fingerprint density at radius 1 is 1.52 bits per heavy atom. The molecular formula is C13H15FN2O4S. The highest BCUT2D eigenvalue weighted by atomic mass is 32.2. The van der Waals surface area contributed by atoms with Crippen molar-refractivity contribution < 1.29 is 22.7 Å². The fraction of sp³-hybridized carbons (Fsp3) is 0.308. The molecular weight excluding hydrogens is 299 g/mol. The average molecular weight is 314 g/mol. The third-order valence-electron chi connectivity index (χ3n) is 2.42. The maximum absolute atomic E-state index is 13.7. The van der Waals surface area contributed by atoms with Gasteiger partial charge in [-0.25, -0.2) is 17.5 Å². The lowest BCUT2D eigenvalue weighted by Crippen LogP contribution is -2.35. The number of halogens is 1. The number of nitrogens with one attached hydrogen (secondary N) is 1. The molecule has 21 heavy (non-hydrogen) atoms. The van der Waals surface area contributed by atoms with Gasteiger partial charge in [0.05, 0.1) is 10.5 Å². The van der Waals surface area contributed by atoms with Crippen molar-refractivity contribution in [3.8, 4) is 11.8 Å². The van der Waals surface area contributed by atoms with Crippen LogP contribution in [0.1, 0.15) is 18.9 Å². The molecule has 0 saturated heterocycles. The Labute approximate surface area is 122 Å². The van der Waals surface area contributed by atoms with Crippen molar-refractivity contribution in [2.45, 2.75) is 24.3 Å². The zero-order valence-corrected chi connectivity index (χ0v) is 12.1. The van der Waals surface area contributed by atoms with E-state index in [0.717, 1.165) is 6.07 Å². The first kappa shape index (κ1) is 17.1. The van der Waals surface area contributed by atoms with Crippen LogP contribution in [0.5, 0.6) is 0 Å². The van der Waals surface area contributed by atoms with Crippen LogP contribution in [0, 0.1) is 17.7 Å². The maximum atomic E-state index is 13.7. The van der Waals surface area contributed by atoms with E-state index >= 15 is 0 Å². The highest BCUT2D eigenvalue weighted by molar-refractivity contribution is 7.89. The number of hydrogen-bond donors (Lipinski definition) is 3. The summed E-state index contributed by atoms with van der Waals surface area (Å²) < 4.78 is 39.9. The quantitative estimate of drug-likeness (QED) is 0.649. The van der Waals surface area contributed by atoms with Crippen LogP contribution in [-0.4, -0.2) is 32.1 Å². The molecule has 0 heterocycles. The summed E-state index contributed by atoms with van der Waals surface area (Å²) in [5, 5.41) is 8.53. The molecule has 1 aromatic rings. The van der Waals surface area contributed by atoms with Crippen molar-refractivity contribution >= 4 is 15.9 Å². The van der Waals surface area contributed by atoms with Crippen molar-refractivity contribution in [3.05, 3.63) is 29.6 Å². The van der Waals surface area contributed by atoms with E-state index in [9.17, 15) is 17.6 Å². The largest absolute Gasteiger partial charge is 0.384 e. The molecule has 0 aromatic heterocycles. The van der Waals surface area contributed by atoms with E-state index in [2.05, 4.69) is 16.6 Å². The number of amides is 1. The minimum Gasteiger partial charge on any atom is -0.384 e. The summed E-state index contributed by atoms with van der Waals surface area (Å²) in [6.07, 6.45) is -0.165. The number of aliphatic hydroxyl groups is 1. The number of benzene rings is 1. The first-order valence-electron chi connectivity index (χ1n) is 5.96. The number of hydrogen-bond acceptors (Lipinski definition) is 4. The molecule has 114 valence electrons. The lowest BCUT2D eigenvalue weighted by Gasteiger charge is -2.12. The molecule has 0 aliphatic rings. The van der Waals surface area contributed by atoms with Crippen molar-refractivity contribution in [2.75, 3.05) is 6.61 Å². The molecule has 8 heteroatoms. The summed E-state index contributed by atoms with van der Waals surface area (Å²) in [5.74, 6) is 3.16. The standard InChI is InChI=1S/C13H15FN2O4S/c1-9(7-13(15)18)16-21(19,20)11-5-4-10(3-2-6-17)12(14)8-11/h4-5,8-9,16-17H,6-7H2,1H3,(H2,15,18). The number of carbonyl (C=O) groups is 1. The van der Waals surface area contributed by atoms with Gasteiger partial charge in [0.15, 0.2) is 0 Å². The fourth-order valence-electron chi connectivity index (χ4n) is 1.58. The lowest BCUT2D eigenvalue weighted by molar-refractivity contribution is -0.118. The Balaban J connectivity index is 2.99. The zero-order valence-electron chi connectivity index (χ0n) is 11.3. The summed E-state index contributed by atoms with van der Waals surface area (Å²) in [6, 6.07) is 2.50. The Morgan fingerprint density at radius 3 is 2.71 bits per heavy atom. The van der Waals surface area contributed by atoms with E-state index < -0.39 is 34.4 Å². The number of nitrogens with two attached hydrogens (primary N) is 1. The summed E-state index contributed by atoms with van der Waals surface area (Å²) in [7, 11) is -3.96. The number of primary amides is 1. The normalized spacial score (nSPS) is 12.3. The Morgan fingerprint density at radius 2 is 2.19 bits per heavy atom. The topological polar surface area (TPSA) is 109 Å². The molecule has 0 radical (unpaired) electrons. The van der Waals surface area contributed by atoms with Crippen LogP contribution in [0.3, 0.4) is 0 Å². The number of rotatable bonds is 5. The third kappa shape index (κ3) is 5.15. The Kier molecular flexibility index (Phi) is 5.84. The molecule has 6 nitrogen and oxygen atoms in total. The lowest BCUT2D eigenvalue weighted by atomic mass is 10.2. The molecule has 0 bridgehead atoms. The minimum absolute atomic E-state index is 0.0202. The molecule has 0 spiro atoms. The van der Waals surface area contributed by atoms with Crippen LogP contribution in [0.25, 0.3) is 0 Å². The Hall–Kier alpha value is -1.95. The predicted molar refractivity (Wildman–Crippen MR) is 74.0 cm³/mol. The van der Waals surface area contributed by atoms with Gasteiger partial charge in [0, 0.05) is 12.5 Å². The molecule has 1 amide bonds. The zero-order chi connectivity index (χ0) is 16.0. The third-order valence-corrected chi connectivity index (χ3v) is 4.00. The molecule has 1 atom stereocenters. The predicted octanol–water partition coefficient (Wildman–Crippen LogP) is -0.288. The molecule has 0 saturated carbocycles. The number of carbonyl (C=O) groups excluding carboxylic acids is 1. The highest BCUT2D eigenvalue weighted by Crippen LogP contribution is 2.15. The first-order valence-corrected chi connectivity index (χ1v) is 7.44. The van der Waals surface area contributed by atoms with Gasteiger partial charge in [0.1, 0.15) is 12.4 Å². The van der Waals surface area contributed by atoms with E-state index in [0.29, 0.717) is 0 Å². The molecule has 0 aliphatic heterocycles. The monoisotopic (exact) mass is 314 g/mol. The molecule has 4 N–H and O–H groups in total. The van der Waals surface area contributed by atoms with Crippen LogP contribution in [0.4, 0.5) is 4.39 Å². The summed E-state index contributed by atoms with van der Waals surface area (Å²) in [4.78, 5) is 10.4. The van der Waals surface area contributed by atoms with Crippen molar-refractivity contribution in [2.24, 2.45) is 5.73 Å². The summed E-state index contributed by atoms with van der Waals surface area (Å²) >= 11 is 0. The van der Waals surface area contributed by atoms with Gasteiger partial charge >= 0.3 is 0 Å². The second-order valence-corrected chi connectivity index (χ2v) is 6.01. The maximum Gasteiger partial charge on any atom is 0.240 e. The number of aliphatic hydroxyl groups excluding tert-OH is 1. The van der Waals surface area contributed by atoms with Gasteiger partial charge in [-0.2, -0.15) is 0 Å². The number of sulfonamides is 1. The molecule has 0 fully saturated rings. The van der Waals surface area contributed by atoms with Gasteiger partial charge in [-0.15, -0.1) is 0 Å². The van der Waals surface area contributed by atoms with Crippen molar-refractivity contribution in [1.29, 1.82) is 0 Å². The second-order valence-electron chi connectivity index (χ2n) is 4.29. The van der Waals surface area contributed by atoms with E-state index in [-0.39, 0.29) is 16.9 Å². The minimum atomic E-state index is -3.96. The highest BCUT2D eigenvalue weighted by Gasteiger charge is 2.19. The fourth-order valence-corrected chi connectivity index (χ4v) is 2.83. The Bertz CT molecular complexity index is 692. The van der Waals surface area contributed by atoms with Crippen LogP contribution < -0.4 is 10.5 Å². The van der Waals surface area contributed by atoms with Crippen LogP contribution in [0.15, 0.2) is 23.1 Å². The van der Waals surface area contributed by atoms with E-state index in [1.54, 1.807) is 0 Å². The van der Waals surface area contributed by atoms with Gasteiger partial charge in [0.2, 0.25) is 15.9 Å². The molecule has 1 rings (SSSR count). The van der Waals surface area contributed by atoms with Gasteiger partial charge in [0.25, 0.3) is 0 Å². The van der Waals surface area contributed by atoms with Crippen LogP contribution >= 0.6 is 0 Å². The van der Waals surface area contributed by atoms with Gasteiger partial charge in [-0.3, -0.25) is 4.79 Å². The van der Waals surface area contributed by atoms with Gasteiger partial charge in [-0.05, 0) is 25.1 Å². The van der Waals surface area contributed by atoms with E-state index in [1.807, 2.05) is 0 Å².